The van der Waals surface area contributed by atoms with Crippen LogP contribution >= 0.6 is 11.8 Å². The van der Waals surface area contributed by atoms with Gasteiger partial charge in [-0.1, -0.05) is 43.8 Å². The Morgan fingerprint density at radius 1 is 1.28 bits per heavy atom. The first-order valence-electron chi connectivity index (χ1n) is 8.16. The molecule has 0 unspecified atom stereocenters. The number of carbonyl (C=O) groups is 1. The zero-order chi connectivity index (χ0) is 18.6. The molecule has 0 radical (unpaired) electrons. The molecule has 0 fully saturated rings. The smallest absolute Gasteiger partial charge is 0.234 e. The highest BCUT2D eigenvalue weighted by Gasteiger charge is 2.32. The fourth-order valence-electron chi connectivity index (χ4n) is 2.16. The number of benzene rings is 1. The van der Waals surface area contributed by atoms with Crippen LogP contribution in [-0.4, -0.2) is 31.5 Å². The van der Waals surface area contributed by atoms with Crippen molar-refractivity contribution in [2.75, 3.05) is 0 Å². The Labute approximate surface area is 152 Å². The summed E-state index contributed by atoms with van der Waals surface area (Å²) in [6, 6.07) is 12.0. The maximum absolute atomic E-state index is 12.5. The third-order valence-electron chi connectivity index (χ3n) is 4.23. The molecule has 0 aliphatic carbocycles. The highest BCUT2D eigenvalue weighted by Crippen LogP contribution is 2.26. The van der Waals surface area contributed by atoms with Crippen molar-refractivity contribution < 1.29 is 4.79 Å². The fourth-order valence-corrected chi connectivity index (χ4v) is 3.08. The third-order valence-corrected chi connectivity index (χ3v) is 5.27. The van der Waals surface area contributed by atoms with Crippen molar-refractivity contribution in [1.82, 2.24) is 20.1 Å². The second-order valence-corrected chi connectivity index (χ2v) is 7.73. The molecular formula is C18H23N5OS. The summed E-state index contributed by atoms with van der Waals surface area (Å²) in [5.74, 6) is 0.572. The number of nitrogens with one attached hydrogen (secondary N) is 1. The highest BCUT2D eigenvalue weighted by molar-refractivity contribution is 8.00. The van der Waals surface area contributed by atoms with Crippen molar-refractivity contribution >= 4 is 17.7 Å². The van der Waals surface area contributed by atoms with Crippen LogP contribution in [0.2, 0.25) is 0 Å². The van der Waals surface area contributed by atoms with Crippen molar-refractivity contribution in [3.63, 3.8) is 0 Å². The van der Waals surface area contributed by atoms with E-state index in [-0.39, 0.29) is 11.8 Å². The summed E-state index contributed by atoms with van der Waals surface area (Å²) >= 11 is 1.32. The van der Waals surface area contributed by atoms with Crippen LogP contribution in [0.15, 0.2) is 35.5 Å². The SMILES string of the molecule is Cc1nnc(S[C@@H](C)C(=O)N[C@@](C)(C#N)C(C)C)n1-c1ccccc1. The van der Waals surface area contributed by atoms with Crippen molar-refractivity contribution in [3.05, 3.63) is 36.2 Å². The van der Waals surface area contributed by atoms with E-state index >= 15 is 0 Å². The number of amides is 1. The number of nitriles is 1. The van der Waals surface area contributed by atoms with Gasteiger partial charge in [0.1, 0.15) is 11.4 Å². The first-order valence-corrected chi connectivity index (χ1v) is 9.04. The topological polar surface area (TPSA) is 83.6 Å². The summed E-state index contributed by atoms with van der Waals surface area (Å²) in [6.45, 7) is 9.24. The quantitative estimate of drug-likeness (QED) is 0.803. The fraction of sp³-hybridized carbons (Fsp3) is 0.444. The molecule has 25 heavy (non-hydrogen) atoms. The predicted molar refractivity (Wildman–Crippen MR) is 98.4 cm³/mol. The Hall–Kier alpha value is -2.33. The zero-order valence-electron chi connectivity index (χ0n) is 15.1. The van der Waals surface area contributed by atoms with E-state index in [9.17, 15) is 10.1 Å². The van der Waals surface area contributed by atoms with Crippen molar-refractivity contribution in [2.45, 2.75) is 50.6 Å². The Bertz CT molecular complexity index is 781. The van der Waals surface area contributed by atoms with Gasteiger partial charge in [-0.15, -0.1) is 10.2 Å². The molecular weight excluding hydrogens is 334 g/mol. The average Bonchev–Trinajstić information content (AvgIpc) is 2.95. The number of rotatable bonds is 6. The van der Waals surface area contributed by atoms with E-state index in [1.54, 1.807) is 13.8 Å². The van der Waals surface area contributed by atoms with Crippen LogP contribution in [-0.2, 0) is 4.79 Å². The second kappa shape index (κ2) is 7.70. The molecule has 6 nitrogen and oxygen atoms in total. The molecule has 1 aromatic heterocycles. The highest BCUT2D eigenvalue weighted by atomic mass is 32.2. The van der Waals surface area contributed by atoms with E-state index in [2.05, 4.69) is 21.6 Å². The lowest BCUT2D eigenvalue weighted by atomic mass is 9.90. The van der Waals surface area contributed by atoms with E-state index in [1.807, 2.05) is 55.7 Å². The minimum Gasteiger partial charge on any atom is -0.337 e. The van der Waals surface area contributed by atoms with Gasteiger partial charge in [0.05, 0.1) is 11.3 Å². The largest absolute Gasteiger partial charge is 0.337 e. The van der Waals surface area contributed by atoms with Crippen molar-refractivity contribution in [1.29, 1.82) is 5.26 Å². The van der Waals surface area contributed by atoms with Crippen molar-refractivity contribution in [3.8, 4) is 11.8 Å². The van der Waals surface area contributed by atoms with Crippen molar-refractivity contribution in [2.24, 2.45) is 5.92 Å². The Morgan fingerprint density at radius 2 is 1.92 bits per heavy atom. The van der Waals surface area contributed by atoms with Gasteiger partial charge >= 0.3 is 0 Å². The Kier molecular flexibility index (Phi) is 5.85. The van der Waals surface area contributed by atoms with E-state index in [1.165, 1.54) is 11.8 Å². The molecule has 2 aromatic rings. The maximum Gasteiger partial charge on any atom is 0.234 e. The van der Waals surface area contributed by atoms with Crippen LogP contribution in [0.3, 0.4) is 0 Å². The monoisotopic (exact) mass is 357 g/mol. The average molecular weight is 357 g/mol. The van der Waals surface area contributed by atoms with E-state index in [0.717, 1.165) is 11.5 Å². The summed E-state index contributed by atoms with van der Waals surface area (Å²) < 4.78 is 1.92. The Balaban J connectivity index is 2.18. The molecule has 7 heteroatoms. The lowest BCUT2D eigenvalue weighted by molar-refractivity contribution is -0.121. The van der Waals surface area contributed by atoms with Gasteiger partial charge in [-0.3, -0.25) is 9.36 Å². The number of para-hydroxylation sites is 1. The van der Waals surface area contributed by atoms with Crippen LogP contribution < -0.4 is 5.32 Å². The van der Waals surface area contributed by atoms with E-state index in [4.69, 9.17) is 0 Å². The maximum atomic E-state index is 12.5. The standard InChI is InChI=1S/C18H23N5OS/c1-12(2)18(5,11-19)20-16(24)13(3)25-17-22-21-14(4)23(17)15-9-7-6-8-10-15/h6-10,12-13H,1-5H3,(H,20,24)/t13-,18-/m0/s1. The number of hydrogen-bond donors (Lipinski definition) is 1. The van der Waals surface area contributed by atoms with Crippen LogP contribution in [0.4, 0.5) is 0 Å². The van der Waals surface area contributed by atoms with Crippen LogP contribution in [0, 0.1) is 24.2 Å². The molecule has 0 spiro atoms. The van der Waals surface area contributed by atoms with Gasteiger partial charge in [0.2, 0.25) is 5.91 Å². The first-order chi connectivity index (χ1) is 11.8. The lowest BCUT2D eigenvalue weighted by Crippen LogP contribution is -2.51. The number of thioether (sulfide) groups is 1. The number of aromatic nitrogens is 3. The van der Waals surface area contributed by atoms with Gasteiger partial charge in [0, 0.05) is 5.69 Å². The summed E-state index contributed by atoms with van der Waals surface area (Å²) in [5, 5.41) is 20.8. The molecule has 2 rings (SSSR count). The number of aryl methyl sites for hydroxylation is 1. The molecule has 1 amide bonds. The Morgan fingerprint density at radius 3 is 2.48 bits per heavy atom. The summed E-state index contributed by atoms with van der Waals surface area (Å²) in [7, 11) is 0. The van der Waals surface area contributed by atoms with Gasteiger partial charge in [-0.25, -0.2) is 0 Å². The minimum absolute atomic E-state index is 0.00821. The summed E-state index contributed by atoms with van der Waals surface area (Å²) in [4.78, 5) is 12.5. The van der Waals surface area contributed by atoms with Gasteiger partial charge in [0.25, 0.3) is 0 Å². The van der Waals surface area contributed by atoms with Gasteiger partial charge < -0.3 is 5.32 Å². The molecule has 1 aromatic carbocycles. The third kappa shape index (κ3) is 4.20. The van der Waals surface area contributed by atoms with Crippen LogP contribution in [0.25, 0.3) is 5.69 Å². The second-order valence-electron chi connectivity index (χ2n) is 6.42. The molecule has 0 saturated carbocycles. The van der Waals surface area contributed by atoms with Gasteiger partial charge in [0.15, 0.2) is 5.16 Å². The number of carbonyl (C=O) groups excluding carboxylic acids is 1. The predicted octanol–water partition coefficient (Wildman–Crippen LogP) is 3.11. The molecule has 2 atom stereocenters. The zero-order valence-corrected chi connectivity index (χ0v) is 16.0. The molecule has 0 aliphatic rings. The van der Waals surface area contributed by atoms with Crippen LogP contribution in [0.5, 0.6) is 0 Å². The number of nitrogens with zero attached hydrogens (tertiary/aromatic N) is 4. The normalized spacial score (nSPS) is 14.6. The molecule has 132 valence electrons. The van der Waals surface area contributed by atoms with Gasteiger partial charge in [-0.05, 0) is 38.8 Å². The molecule has 0 bridgehead atoms. The van der Waals surface area contributed by atoms with E-state index < -0.39 is 10.8 Å². The lowest BCUT2D eigenvalue weighted by Gasteiger charge is -2.28. The minimum atomic E-state index is -0.894. The molecule has 0 saturated heterocycles. The first kappa shape index (κ1) is 19.0. The number of hydrogen-bond acceptors (Lipinski definition) is 5. The molecule has 1 heterocycles. The molecule has 0 aliphatic heterocycles. The van der Waals surface area contributed by atoms with Gasteiger partial charge in [-0.2, -0.15) is 5.26 Å². The van der Waals surface area contributed by atoms with E-state index in [0.29, 0.717) is 5.16 Å². The summed E-state index contributed by atoms with van der Waals surface area (Å²) in [6.07, 6.45) is 0. The summed E-state index contributed by atoms with van der Waals surface area (Å²) in [5.41, 5.74) is 0.0544. The van der Waals surface area contributed by atoms with Crippen LogP contribution in [0.1, 0.15) is 33.5 Å². The molecule has 1 N–H and O–H groups in total.